The van der Waals surface area contributed by atoms with Gasteiger partial charge >= 0.3 is 0 Å². The van der Waals surface area contributed by atoms with Crippen LogP contribution >= 0.6 is 0 Å². The molecule has 0 aliphatic heterocycles. The van der Waals surface area contributed by atoms with Crippen molar-refractivity contribution in [2.75, 3.05) is 0 Å². The van der Waals surface area contributed by atoms with Crippen molar-refractivity contribution in [1.29, 1.82) is 0 Å². The molecule has 0 radical (unpaired) electrons. The molecule has 3 heteroatoms. The molecular weight excluding hydrogens is 655 g/mol. The van der Waals surface area contributed by atoms with Crippen molar-refractivity contribution in [2.45, 2.75) is 0 Å². The average molecular weight is 690 g/mol. The number of aromatic nitrogens is 3. The number of benzene rings is 8. The van der Waals surface area contributed by atoms with Crippen molar-refractivity contribution in [3.8, 4) is 89.8 Å². The fraction of sp³-hybridized carbons (Fsp3) is 0. The van der Waals surface area contributed by atoms with E-state index in [0.29, 0.717) is 17.5 Å². The van der Waals surface area contributed by atoms with Crippen LogP contribution in [0.25, 0.3) is 89.8 Å². The van der Waals surface area contributed by atoms with E-state index in [1.54, 1.807) is 0 Å². The second-order valence-corrected chi connectivity index (χ2v) is 13.3. The Morgan fingerprint density at radius 3 is 0.907 bits per heavy atom. The predicted octanol–water partition coefficient (Wildman–Crippen LogP) is 13.2. The second kappa shape index (κ2) is 14.8. The van der Waals surface area contributed by atoms with Crippen LogP contribution in [-0.4, -0.2) is 15.0 Å². The van der Waals surface area contributed by atoms with E-state index in [9.17, 15) is 0 Å². The Hall–Kier alpha value is -7.23. The van der Waals surface area contributed by atoms with E-state index in [1.807, 2.05) is 12.1 Å². The molecule has 8 aromatic carbocycles. The highest BCUT2D eigenvalue weighted by Gasteiger charge is 2.15. The van der Waals surface area contributed by atoms with Crippen molar-refractivity contribution in [2.24, 2.45) is 0 Å². The molecule has 0 amide bonds. The van der Waals surface area contributed by atoms with Crippen molar-refractivity contribution >= 4 is 0 Å². The summed E-state index contributed by atoms with van der Waals surface area (Å²) in [7, 11) is 0. The summed E-state index contributed by atoms with van der Waals surface area (Å²) in [5, 5.41) is 0. The van der Waals surface area contributed by atoms with Crippen LogP contribution in [0.3, 0.4) is 0 Å². The zero-order valence-electron chi connectivity index (χ0n) is 29.5. The van der Waals surface area contributed by atoms with Crippen LogP contribution in [0.1, 0.15) is 0 Å². The highest BCUT2D eigenvalue weighted by molar-refractivity contribution is 5.84. The maximum Gasteiger partial charge on any atom is 0.164 e. The molecule has 54 heavy (non-hydrogen) atoms. The maximum atomic E-state index is 5.13. The van der Waals surface area contributed by atoms with Crippen molar-refractivity contribution in [3.63, 3.8) is 0 Å². The Morgan fingerprint density at radius 1 is 0.185 bits per heavy atom. The molecule has 0 saturated heterocycles. The van der Waals surface area contributed by atoms with E-state index in [2.05, 4.69) is 200 Å². The summed E-state index contributed by atoms with van der Waals surface area (Å²) in [6, 6.07) is 74.1. The van der Waals surface area contributed by atoms with Crippen LogP contribution in [0.5, 0.6) is 0 Å². The third kappa shape index (κ3) is 6.87. The molecule has 0 N–H and O–H groups in total. The van der Waals surface area contributed by atoms with Crippen LogP contribution in [0.4, 0.5) is 0 Å². The van der Waals surface area contributed by atoms with Gasteiger partial charge in [0.05, 0.1) is 0 Å². The average Bonchev–Trinajstić information content (AvgIpc) is 3.27. The molecule has 9 aromatic rings. The molecule has 0 atom stereocenters. The molecule has 3 nitrogen and oxygen atoms in total. The number of hydrogen-bond donors (Lipinski definition) is 0. The Bertz CT molecular complexity index is 2690. The van der Waals surface area contributed by atoms with Gasteiger partial charge in [-0.1, -0.05) is 194 Å². The van der Waals surface area contributed by atoms with Gasteiger partial charge < -0.3 is 0 Å². The molecular formula is C51H35N3. The van der Waals surface area contributed by atoms with Gasteiger partial charge in [-0.15, -0.1) is 0 Å². The van der Waals surface area contributed by atoms with Gasteiger partial charge in [-0.3, -0.25) is 0 Å². The second-order valence-electron chi connectivity index (χ2n) is 13.3. The molecule has 0 aliphatic carbocycles. The molecule has 1 aromatic heterocycles. The Labute approximate surface area is 316 Å². The molecule has 9 rings (SSSR count). The number of rotatable bonds is 8. The molecule has 0 aliphatic rings. The van der Waals surface area contributed by atoms with Crippen molar-refractivity contribution < 1.29 is 0 Å². The Kier molecular flexibility index (Phi) is 8.94. The lowest BCUT2D eigenvalue weighted by atomic mass is 9.94. The molecule has 254 valence electrons. The van der Waals surface area contributed by atoms with E-state index in [-0.39, 0.29) is 0 Å². The summed E-state index contributed by atoms with van der Waals surface area (Å²) in [5.41, 5.74) is 14.3. The van der Waals surface area contributed by atoms with Crippen LogP contribution in [-0.2, 0) is 0 Å². The zero-order valence-corrected chi connectivity index (χ0v) is 29.5. The van der Waals surface area contributed by atoms with E-state index < -0.39 is 0 Å². The first-order valence-electron chi connectivity index (χ1n) is 18.2. The van der Waals surface area contributed by atoms with Crippen LogP contribution in [0, 0.1) is 0 Å². The normalized spacial score (nSPS) is 11.0. The fourth-order valence-electron chi connectivity index (χ4n) is 6.98. The molecule has 0 unspecified atom stereocenters. The quantitative estimate of drug-likeness (QED) is 0.159. The molecule has 0 saturated carbocycles. The maximum absolute atomic E-state index is 5.13. The highest BCUT2D eigenvalue weighted by atomic mass is 15.0. The first kappa shape index (κ1) is 32.7. The first-order valence-corrected chi connectivity index (χ1v) is 18.2. The monoisotopic (exact) mass is 689 g/mol. The minimum atomic E-state index is 0.625. The minimum Gasteiger partial charge on any atom is -0.208 e. The van der Waals surface area contributed by atoms with Crippen LogP contribution < -0.4 is 0 Å². The highest BCUT2D eigenvalue weighted by Crippen LogP contribution is 2.35. The van der Waals surface area contributed by atoms with Gasteiger partial charge in [0.25, 0.3) is 0 Å². The van der Waals surface area contributed by atoms with Crippen LogP contribution in [0.2, 0.25) is 0 Å². The summed E-state index contributed by atoms with van der Waals surface area (Å²) in [6.45, 7) is 0. The van der Waals surface area contributed by atoms with E-state index >= 15 is 0 Å². The molecule has 0 bridgehead atoms. The summed E-state index contributed by atoms with van der Waals surface area (Å²) < 4.78 is 0. The van der Waals surface area contributed by atoms with Gasteiger partial charge in [-0.25, -0.2) is 15.0 Å². The Balaban J connectivity index is 1.13. The third-order valence-corrected chi connectivity index (χ3v) is 9.75. The summed E-state index contributed by atoms with van der Waals surface area (Å²) >= 11 is 0. The Morgan fingerprint density at radius 2 is 0.463 bits per heavy atom. The van der Waals surface area contributed by atoms with Gasteiger partial charge in [0, 0.05) is 16.7 Å². The molecule has 0 fully saturated rings. The lowest BCUT2D eigenvalue weighted by Crippen LogP contribution is -2.00. The third-order valence-electron chi connectivity index (χ3n) is 9.75. The zero-order chi connectivity index (χ0) is 36.1. The molecule has 0 spiro atoms. The minimum absolute atomic E-state index is 0.625. The summed E-state index contributed by atoms with van der Waals surface area (Å²) in [4.78, 5) is 15.4. The lowest BCUT2D eigenvalue weighted by Gasteiger charge is -2.12. The van der Waals surface area contributed by atoms with Gasteiger partial charge in [0.1, 0.15) is 0 Å². The first-order chi connectivity index (χ1) is 26.7. The summed E-state index contributed by atoms with van der Waals surface area (Å²) in [5.74, 6) is 1.88. The number of nitrogens with zero attached hydrogens (tertiary/aromatic N) is 3. The van der Waals surface area contributed by atoms with Crippen LogP contribution in [0.15, 0.2) is 212 Å². The number of hydrogen-bond acceptors (Lipinski definition) is 3. The van der Waals surface area contributed by atoms with Gasteiger partial charge in [0.2, 0.25) is 0 Å². The van der Waals surface area contributed by atoms with E-state index in [1.165, 1.54) is 27.8 Å². The predicted molar refractivity (Wildman–Crippen MR) is 223 cm³/mol. The lowest BCUT2D eigenvalue weighted by molar-refractivity contribution is 1.07. The topological polar surface area (TPSA) is 38.7 Å². The standard InChI is InChI=1S/C51H35N3/c1-4-15-36(16-5-1)41-21-12-23-43(33-41)44-24-14-26-46(35-44)51-53-49(52-50(54-51)45-25-13-22-42(34-45)37-17-6-2-7-18-37)40-31-29-39(30-32-40)48-28-11-10-27-47(48)38-19-8-3-9-20-38/h1-35H. The largest absolute Gasteiger partial charge is 0.208 e. The SMILES string of the molecule is c1ccc(-c2cccc(-c3cccc(-c4nc(-c5ccc(-c6ccccc6-c6ccccc6)cc5)nc(-c5cccc(-c6ccccc6)c5)n4)c3)c2)cc1. The van der Waals surface area contributed by atoms with E-state index in [0.717, 1.165) is 44.5 Å². The van der Waals surface area contributed by atoms with Gasteiger partial charge in [-0.2, -0.15) is 0 Å². The van der Waals surface area contributed by atoms with E-state index in [4.69, 9.17) is 15.0 Å². The van der Waals surface area contributed by atoms with Gasteiger partial charge in [-0.05, 0) is 73.8 Å². The molecule has 1 heterocycles. The smallest absolute Gasteiger partial charge is 0.164 e. The van der Waals surface area contributed by atoms with Gasteiger partial charge in [0.15, 0.2) is 17.5 Å². The van der Waals surface area contributed by atoms with Crippen molar-refractivity contribution in [1.82, 2.24) is 15.0 Å². The van der Waals surface area contributed by atoms with Crippen molar-refractivity contribution in [3.05, 3.63) is 212 Å². The fourth-order valence-corrected chi connectivity index (χ4v) is 6.98. The summed E-state index contributed by atoms with van der Waals surface area (Å²) in [6.07, 6.45) is 0.